The maximum absolute atomic E-state index is 11.6. The average Bonchev–Trinajstić information content (AvgIpc) is 2.86. The van der Waals surface area contributed by atoms with Crippen molar-refractivity contribution < 1.29 is 19.7 Å². The van der Waals surface area contributed by atoms with E-state index in [0.717, 1.165) is 4.88 Å². The first-order valence-electron chi connectivity index (χ1n) is 7.13. The van der Waals surface area contributed by atoms with Gasteiger partial charge in [-0.15, -0.1) is 11.3 Å². The summed E-state index contributed by atoms with van der Waals surface area (Å²) in [6.07, 6.45) is 1.58. The summed E-state index contributed by atoms with van der Waals surface area (Å²) in [5, 5.41) is 20.8. The number of β-amino-alcohol motifs (C(OH)–C–C–N with tert-alkyl or cyclic N) is 1. The molecule has 1 saturated heterocycles. The van der Waals surface area contributed by atoms with Crippen molar-refractivity contribution in [2.75, 3.05) is 27.2 Å². The van der Waals surface area contributed by atoms with Crippen LogP contribution in [0.5, 0.6) is 5.75 Å². The van der Waals surface area contributed by atoms with Crippen LogP contribution in [0.2, 0.25) is 0 Å². The van der Waals surface area contributed by atoms with Gasteiger partial charge in [0.2, 0.25) is 0 Å². The Morgan fingerprint density at radius 2 is 2.13 bits per heavy atom. The van der Waals surface area contributed by atoms with Crippen molar-refractivity contribution in [3.05, 3.63) is 33.6 Å². The molecule has 0 aliphatic carbocycles. The number of pyridine rings is 1. The number of hydrogen-bond acceptors (Lipinski definition) is 7. The van der Waals surface area contributed by atoms with E-state index in [1.807, 2.05) is 18.9 Å². The van der Waals surface area contributed by atoms with E-state index in [2.05, 4.69) is 4.98 Å². The van der Waals surface area contributed by atoms with E-state index in [-0.39, 0.29) is 5.75 Å². The standard InChI is InChI=1S/C16H18N2O4S/c1-9-11(5-13(23-9)15(20)22-3)14-12(19)4-10(6-17-14)16(21)7-18(2)8-16/h4-6,19,21H,7-8H2,1-3H3. The lowest BCUT2D eigenvalue weighted by Gasteiger charge is -2.44. The number of hydrogen-bond donors (Lipinski definition) is 2. The second kappa shape index (κ2) is 5.59. The smallest absolute Gasteiger partial charge is 0.348 e. The topological polar surface area (TPSA) is 82.9 Å². The van der Waals surface area contributed by atoms with Gasteiger partial charge in [-0.05, 0) is 26.1 Å². The SMILES string of the molecule is COC(=O)c1cc(-c2ncc(C3(O)CN(C)C3)cc2O)c(C)s1. The van der Waals surface area contributed by atoms with E-state index in [9.17, 15) is 15.0 Å². The van der Waals surface area contributed by atoms with Gasteiger partial charge in [0.25, 0.3) is 0 Å². The van der Waals surface area contributed by atoms with Crippen LogP contribution in [-0.4, -0.2) is 53.3 Å². The maximum Gasteiger partial charge on any atom is 0.348 e. The molecule has 2 aromatic heterocycles. The summed E-state index contributed by atoms with van der Waals surface area (Å²) < 4.78 is 4.72. The molecule has 3 heterocycles. The maximum atomic E-state index is 11.6. The molecule has 2 aromatic rings. The molecule has 1 aliphatic heterocycles. The van der Waals surface area contributed by atoms with Crippen molar-refractivity contribution in [1.29, 1.82) is 0 Å². The zero-order chi connectivity index (χ0) is 16.8. The summed E-state index contributed by atoms with van der Waals surface area (Å²) in [4.78, 5) is 19.2. The molecule has 0 saturated carbocycles. The van der Waals surface area contributed by atoms with Gasteiger partial charge in [0, 0.05) is 35.3 Å². The third-order valence-electron chi connectivity index (χ3n) is 4.03. The summed E-state index contributed by atoms with van der Waals surface area (Å²) in [5.41, 5.74) is 0.725. The van der Waals surface area contributed by atoms with Crippen LogP contribution >= 0.6 is 11.3 Å². The lowest BCUT2D eigenvalue weighted by atomic mass is 9.87. The average molecular weight is 334 g/mol. The van der Waals surface area contributed by atoms with E-state index >= 15 is 0 Å². The van der Waals surface area contributed by atoms with Crippen LogP contribution in [0.3, 0.4) is 0 Å². The second-order valence-electron chi connectivity index (χ2n) is 5.87. The highest BCUT2D eigenvalue weighted by molar-refractivity contribution is 7.14. The fourth-order valence-electron chi connectivity index (χ4n) is 2.86. The fraction of sp³-hybridized carbons (Fsp3) is 0.375. The normalized spacial score (nSPS) is 16.9. The molecular weight excluding hydrogens is 316 g/mol. The number of esters is 1. The number of aromatic nitrogens is 1. The Labute approximate surface area is 138 Å². The number of aliphatic hydroxyl groups is 1. The third kappa shape index (κ3) is 2.71. The van der Waals surface area contributed by atoms with Gasteiger partial charge in [-0.2, -0.15) is 0 Å². The summed E-state index contributed by atoms with van der Waals surface area (Å²) in [5.74, 6) is -0.421. The van der Waals surface area contributed by atoms with Crippen LogP contribution in [0.4, 0.5) is 0 Å². The monoisotopic (exact) mass is 334 g/mol. The van der Waals surface area contributed by atoms with Gasteiger partial charge in [0.15, 0.2) is 0 Å². The first-order valence-corrected chi connectivity index (χ1v) is 7.95. The molecule has 23 heavy (non-hydrogen) atoms. The van der Waals surface area contributed by atoms with Crippen LogP contribution in [0.15, 0.2) is 18.3 Å². The zero-order valence-electron chi connectivity index (χ0n) is 13.2. The molecule has 0 radical (unpaired) electrons. The Kier molecular flexibility index (Phi) is 3.87. The Hall–Kier alpha value is -1.96. The first kappa shape index (κ1) is 15.9. The highest BCUT2D eigenvalue weighted by Crippen LogP contribution is 2.38. The van der Waals surface area contributed by atoms with E-state index < -0.39 is 11.6 Å². The number of likely N-dealkylation sites (tertiary alicyclic amines) is 1. The van der Waals surface area contributed by atoms with Gasteiger partial charge in [0.05, 0.1) is 7.11 Å². The molecular formula is C16H18N2O4S. The fourth-order valence-corrected chi connectivity index (χ4v) is 3.80. The summed E-state index contributed by atoms with van der Waals surface area (Å²) in [6.45, 7) is 2.88. The van der Waals surface area contributed by atoms with E-state index in [1.165, 1.54) is 18.4 Å². The number of rotatable bonds is 3. The minimum atomic E-state index is -0.960. The van der Waals surface area contributed by atoms with Crippen molar-refractivity contribution >= 4 is 17.3 Å². The third-order valence-corrected chi connectivity index (χ3v) is 5.06. The Morgan fingerprint density at radius 1 is 1.43 bits per heavy atom. The number of carbonyl (C=O) groups excluding carboxylic acids is 1. The molecule has 0 bridgehead atoms. The lowest BCUT2D eigenvalue weighted by molar-refractivity contribution is -0.0921. The molecule has 3 rings (SSSR count). The Balaban J connectivity index is 1.96. The van der Waals surface area contributed by atoms with Crippen molar-refractivity contribution in [3.8, 4) is 17.0 Å². The van der Waals surface area contributed by atoms with Crippen LogP contribution in [0.25, 0.3) is 11.3 Å². The highest BCUT2D eigenvalue weighted by atomic mass is 32.1. The number of thiophene rings is 1. The van der Waals surface area contributed by atoms with Crippen molar-refractivity contribution in [3.63, 3.8) is 0 Å². The van der Waals surface area contributed by atoms with Gasteiger partial charge in [-0.3, -0.25) is 9.88 Å². The highest BCUT2D eigenvalue weighted by Gasteiger charge is 2.41. The molecule has 0 unspecified atom stereocenters. The molecule has 1 fully saturated rings. The number of aromatic hydroxyl groups is 1. The minimum absolute atomic E-state index is 0.0113. The number of methoxy groups -OCH3 is 1. The molecule has 6 nitrogen and oxygen atoms in total. The molecule has 1 aliphatic rings. The predicted octanol–water partition coefficient (Wildman–Crippen LogP) is 1.74. The molecule has 0 amide bonds. The van der Waals surface area contributed by atoms with Gasteiger partial charge < -0.3 is 14.9 Å². The predicted molar refractivity (Wildman–Crippen MR) is 86.7 cm³/mol. The zero-order valence-corrected chi connectivity index (χ0v) is 14.0. The van der Waals surface area contributed by atoms with Crippen LogP contribution in [-0.2, 0) is 10.3 Å². The van der Waals surface area contributed by atoms with E-state index in [1.54, 1.807) is 18.3 Å². The van der Waals surface area contributed by atoms with Crippen molar-refractivity contribution in [1.82, 2.24) is 9.88 Å². The van der Waals surface area contributed by atoms with Crippen LogP contribution in [0.1, 0.15) is 20.1 Å². The lowest BCUT2D eigenvalue weighted by Crippen LogP contribution is -2.57. The minimum Gasteiger partial charge on any atom is -0.506 e. The second-order valence-corrected chi connectivity index (χ2v) is 7.12. The number of nitrogens with zero attached hydrogens (tertiary/aromatic N) is 2. The van der Waals surface area contributed by atoms with Crippen molar-refractivity contribution in [2.24, 2.45) is 0 Å². The van der Waals surface area contributed by atoms with Crippen LogP contribution in [0, 0.1) is 6.92 Å². The molecule has 0 atom stereocenters. The number of ether oxygens (including phenoxy) is 1. The molecule has 122 valence electrons. The summed E-state index contributed by atoms with van der Waals surface area (Å²) in [6, 6.07) is 3.21. The summed E-state index contributed by atoms with van der Waals surface area (Å²) in [7, 11) is 3.25. The number of carbonyl (C=O) groups is 1. The Morgan fingerprint density at radius 3 is 2.70 bits per heavy atom. The first-order chi connectivity index (χ1) is 10.8. The van der Waals surface area contributed by atoms with Crippen LogP contribution < -0.4 is 0 Å². The van der Waals surface area contributed by atoms with Gasteiger partial charge in [0.1, 0.15) is 21.9 Å². The van der Waals surface area contributed by atoms with Gasteiger partial charge in [-0.1, -0.05) is 0 Å². The van der Waals surface area contributed by atoms with E-state index in [4.69, 9.17) is 4.74 Å². The quantitative estimate of drug-likeness (QED) is 0.832. The van der Waals surface area contributed by atoms with Gasteiger partial charge >= 0.3 is 5.97 Å². The Bertz CT molecular complexity index is 765. The van der Waals surface area contributed by atoms with Crippen molar-refractivity contribution in [2.45, 2.75) is 12.5 Å². The molecule has 7 heteroatoms. The van der Waals surface area contributed by atoms with Gasteiger partial charge in [-0.25, -0.2) is 4.79 Å². The number of aryl methyl sites for hydroxylation is 1. The largest absolute Gasteiger partial charge is 0.506 e. The number of likely N-dealkylation sites (N-methyl/N-ethyl adjacent to an activating group) is 1. The molecule has 0 aromatic carbocycles. The van der Waals surface area contributed by atoms with E-state index in [0.29, 0.717) is 34.8 Å². The molecule has 2 N–H and O–H groups in total. The summed E-state index contributed by atoms with van der Waals surface area (Å²) >= 11 is 1.29. The molecule has 0 spiro atoms.